The molecular formula is C21H23F3N2O5. The Balaban J connectivity index is 3.12. The van der Waals surface area contributed by atoms with Crippen molar-refractivity contribution in [3.05, 3.63) is 61.2 Å². The summed E-state index contributed by atoms with van der Waals surface area (Å²) >= 11 is 0. The molecule has 0 aliphatic rings. The highest BCUT2D eigenvalue weighted by atomic mass is 19.4. The second kappa shape index (κ2) is 7.51. The summed E-state index contributed by atoms with van der Waals surface area (Å²) in [6, 6.07) is 3.36. The number of benzene rings is 2. The highest BCUT2D eigenvalue weighted by Crippen LogP contribution is 2.48. The first-order chi connectivity index (χ1) is 13.9. The van der Waals surface area contributed by atoms with E-state index < -0.39 is 49.4 Å². The molecule has 0 aromatic heterocycles. The fourth-order valence-corrected chi connectivity index (χ4v) is 3.31. The first-order valence-corrected chi connectivity index (χ1v) is 9.28. The zero-order valence-corrected chi connectivity index (χ0v) is 17.9. The van der Waals surface area contributed by atoms with Gasteiger partial charge in [0.25, 0.3) is 11.4 Å². The zero-order valence-electron chi connectivity index (χ0n) is 17.9. The van der Waals surface area contributed by atoms with Crippen LogP contribution in [-0.4, -0.2) is 15.0 Å². The Bertz CT molecular complexity index is 1030. The minimum atomic E-state index is -5.09. The predicted molar refractivity (Wildman–Crippen MR) is 109 cm³/mol. The predicted octanol–water partition coefficient (Wildman–Crippen LogP) is 6.49. The number of phenols is 1. The molecule has 0 bridgehead atoms. The average molecular weight is 440 g/mol. The van der Waals surface area contributed by atoms with Gasteiger partial charge in [-0.05, 0) is 28.5 Å². The number of halogens is 3. The second-order valence-corrected chi connectivity index (χ2v) is 9.32. The number of aromatic hydroxyl groups is 1. The summed E-state index contributed by atoms with van der Waals surface area (Å²) in [5.41, 5.74) is -5.28. The summed E-state index contributed by atoms with van der Waals surface area (Å²) in [5.74, 6) is -0.109. The van der Waals surface area contributed by atoms with Crippen LogP contribution in [0.15, 0.2) is 24.3 Å². The van der Waals surface area contributed by atoms with Crippen LogP contribution in [0.4, 0.5) is 24.5 Å². The number of alkyl halides is 3. The van der Waals surface area contributed by atoms with Gasteiger partial charge in [-0.15, -0.1) is 0 Å². The molecule has 0 saturated carbocycles. The van der Waals surface area contributed by atoms with Gasteiger partial charge in [0, 0.05) is 17.2 Å². The van der Waals surface area contributed by atoms with E-state index in [9.17, 15) is 38.5 Å². The Morgan fingerprint density at radius 1 is 0.774 bits per heavy atom. The van der Waals surface area contributed by atoms with Crippen molar-refractivity contribution < 1.29 is 28.1 Å². The summed E-state index contributed by atoms with van der Waals surface area (Å²) in [6.07, 6.45) is -5.09. The van der Waals surface area contributed by atoms with E-state index in [1.54, 1.807) is 41.5 Å². The Hall–Kier alpha value is -3.17. The maximum atomic E-state index is 13.9. The minimum Gasteiger partial charge on any atom is -0.507 e. The molecule has 31 heavy (non-hydrogen) atoms. The third-order valence-electron chi connectivity index (χ3n) is 4.83. The van der Waals surface area contributed by atoms with Crippen LogP contribution in [0.25, 0.3) is 11.1 Å². The van der Waals surface area contributed by atoms with E-state index in [1.807, 2.05) is 0 Å². The van der Waals surface area contributed by atoms with Crippen LogP contribution >= 0.6 is 0 Å². The molecule has 0 saturated heterocycles. The lowest BCUT2D eigenvalue weighted by atomic mass is 9.77. The van der Waals surface area contributed by atoms with E-state index >= 15 is 0 Å². The Labute approximate surface area is 176 Å². The number of hydrogen-bond donors (Lipinski definition) is 1. The van der Waals surface area contributed by atoms with E-state index in [1.165, 1.54) is 12.1 Å². The lowest BCUT2D eigenvalue weighted by Crippen LogP contribution is -2.18. The second-order valence-electron chi connectivity index (χ2n) is 9.32. The topological polar surface area (TPSA) is 107 Å². The number of phenolic OH excluding ortho intramolecular Hbond substituents is 1. The lowest BCUT2D eigenvalue weighted by molar-refractivity contribution is -0.394. The van der Waals surface area contributed by atoms with Gasteiger partial charge in [0.15, 0.2) is 0 Å². The maximum Gasteiger partial charge on any atom is 0.417 e. The number of hydrogen-bond acceptors (Lipinski definition) is 5. The van der Waals surface area contributed by atoms with Gasteiger partial charge >= 0.3 is 6.18 Å². The van der Waals surface area contributed by atoms with Crippen LogP contribution in [0.5, 0.6) is 5.75 Å². The summed E-state index contributed by atoms with van der Waals surface area (Å²) < 4.78 is 41.6. The van der Waals surface area contributed by atoms with Crippen molar-refractivity contribution in [2.45, 2.75) is 58.5 Å². The van der Waals surface area contributed by atoms with Crippen LogP contribution in [-0.2, 0) is 17.0 Å². The van der Waals surface area contributed by atoms with Gasteiger partial charge in [-0.3, -0.25) is 20.2 Å². The normalized spacial score (nSPS) is 12.7. The number of nitrogens with zero attached hydrogens (tertiary/aromatic N) is 2. The molecular weight excluding hydrogens is 417 g/mol. The fraction of sp³-hybridized carbons (Fsp3) is 0.429. The molecule has 0 unspecified atom stereocenters. The smallest absolute Gasteiger partial charge is 0.417 e. The molecule has 10 heteroatoms. The first-order valence-electron chi connectivity index (χ1n) is 9.28. The summed E-state index contributed by atoms with van der Waals surface area (Å²) in [6.45, 7) is 10.5. The number of nitro benzene ring substituents is 2. The highest BCUT2D eigenvalue weighted by Gasteiger charge is 2.40. The fourth-order valence-electron chi connectivity index (χ4n) is 3.31. The van der Waals surface area contributed by atoms with Crippen molar-refractivity contribution in [3.63, 3.8) is 0 Å². The van der Waals surface area contributed by atoms with E-state index in [-0.39, 0.29) is 11.3 Å². The molecule has 2 rings (SSSR count). The van der Waals surface area contributed by atoms with Gasteiger partial charge in [-0.1, -0.05) is 41.5 Å². The molecule has 7 nitrogen and oxygen atoms in total. The molecule has 0 aliphatic carbocycles. The van der Waals surface area contributed by atoms with Crippen molar-refractivity contribution in [1.82, 2.24) is 0 Å². The SMILES string of the molecule is CC(C)(C)c1cc(-c2c([N+](=O)[O-])cc([N+](=O)[O-])cc2C(F)(F)F)cc(C(C)(C)C)c1O. The van der Waals surface area contributed by atoms with Crippen LogP contribution in [0.1, 0.15) is 58.2 Å². The summed E-state index contributed by atoms with van der Waals surface area (Å²) in [4.78, 5) is 20.6. The number of rotatable bonds is 3. The van der Waals surface area contributed by atoms with E-state index in [4.69, 9.17) is 0 Å². The third kappa shape index (κ3) is 4.78. The van der Waals surface area contributed by atoms with Crippen LogP contribution < -0.4 is 0 Å². The van der Waals surface area contributed by atoms with Crippen LogP contribution in [0.2, 0.25) is 0 Å². The lowest BCUT2D eigenvalue weighted by Gasteiger charge is -2.28. The van der Waals surface area contributed by atoms with Gasteiger partial charge in [0.2, 0.25) is 0 Å². The van der Waals surface area contributed by atoms with Crippen molar-refractivity contribution in [2.24, 2.45) is 0 Å². The van der Waals surface area contributed by atoms with Crippen LogP contribution in [0.3, 0.4) is 0 Å². The number of nitro groups is 2. The third-order valence-corrected chi connectivity index (χ3v) is 4.83. The van der Waals surface area contributed by atoms with Crippen molar-refractivity contribution >= 4 is 11.4 Å². The standard InChI is InChI=1S/C21H23F3N2O5/c1-19(2,3)14-7-11(8-15(18(14)27)20(4,5)6)17-13(21(22,23)24)9-12(25(28)29)10-16(17)26(30)31/h7-10,27H,1-6H3. The monoisotopic (exact) mass is 440 g/mol. The molecule has 0 atom stereocenters. The zero-order chi connectivity index (χ0) is 24.1. The Morgan fingerprint density at radius 2 is 1.23 bits per heavy atom. The van der Waals surface area contributed by atoms with Crippen molar-refractivity contribution in [1.29, 1.82) is 0 Å². The molecule has 2 aromatic rings. The Kier molecular flexibility index (Phi) is 5.84. The molecule has 0 spiro atoms. The molecule has 0 radical (unpaired) electrons. The average Bonchev–Trinajstić information content (AvgIpc) is 2.57. The first kappa shape index (κ1) is 24.1. The number of non-ortho nitro benzene ring substituents is 1. The van der Waals surface area contributed by atoms with Gasteiger partial charge in [0.05, 0.1) is 27.0 Å². The molecule has 2 aromatic carbocycles. The van der Waals surface area contributed by atoms with Gasteiger partial charge < -0.3 is 5.11 Å². The largest absolute Gasteiger partial charge is 0.507 e. The summed E-state index contributed by atoms with van der Waals surface area (Å²) in [7, 11) is 0. The molecule has 168 valence electrons. The molecule has 0 heterocycles. The van der Waals surface area contributed by atoms with Gasteiger partial charge in [-0.2, -0.15) is 13.2 Å². The molecule has 0 aliphatic heterocycles. The van der Waals surface area contributed by atoms with E-state index in [0.717, 1.165) is 0 Å². The molecule has 0 fully saturated rings. The van der Waals surface area contributed by atoms with Crippen LogP contribution in [0, 0.1) is 20.2 Å². The molecule has 1 N–H and O–H groups in total. The Morgan fingerprint density at radius 3 is 1.55 bits per heavy atom. The quantitative estimate of drug-likeness (QED) is 0.434. The van der Waals surface area contributed by atoms with Crippen molar-refractivity contribution in [2.75, 3.05) is 0 Å². The maximum absolute atomic E-state index is 13.9. The van der Waals surface area contributed by atoms with Crippen molar-refractivity contribution in [3.8, 4) is 16.9 Å². The molecule has 0 amide bonds. The van der Waals surface area contributed by atoms with Gasteiger partial charge in [-0.25, -0.2) is 0 Å². The van der Waals surface area contributed by atoms with E-state index in [2.05, 4.69) is 0 Å². The minimum absolute atomic E-state index is 0.109. The summed E-state index contributed by atoms with van der Waals surface area (Å²) in [5, 5.41) is 33.6. The van der Waals surface area contributed by atoms with E-state index in [0.29, 0.717) is 23.3 Å². The van der Waals surface area contributed by atoms with Gasteiger partial charge in [0.1, 0.15) is 5.75 Å². The highest BCUT2D eigenvalue weighted by molar-refractivity contribution is 5.81.